The Morgan fingerprint density at radius 1 is 1.26 bits per heavy atom. The molecule has 1 heterocycles. The second-order valence-corrected chi connectivity index (χ2v) is 4.74. The third-order valence-electron chi connectivity index (χ3n) is 3.28. The van der Waals surface area contributed by atoms with Crippen molar-refractivity contribution in [3.05, 3.63) is 59.4 Å². The molecule has 1 aromatic heterocycles. The lowest BCUT2D eigenvalue weighted by Gasteiger charge is -2.13. The minimum atomic E-state index is -0.554. The van der Waals surface area contributed by atoms with Crippen LogP contribution in [0.25, 0.3) is 0 Å². The van der Waals surface area contributed by atoms with Crippen LogP contribution in [0.5, 0.6) is 0 Å². The van der Waals surface area contributed by atoms with Crippen LogP contribution in [0.4, 0.5) is 8.78 Å². The van der Waals surface area contributed by atoms with Crippen molar-refractivity contribution in [1.82, 2.24) is 4.57 Å². The van der Waals surface area contributed by atoms with Gasteiger partial charge in [0, 0.05) is 36.0 Å². The monoisotopic (exact) mass is 264 g/mol. The molecule has 0 aliphatic carbocycles. The van der Waals surface area contributed by atoms with Crippen molar-refractivity contribution in [1.29, 1.82) is 0 Å². The Kier molecular flexibility index (Phi) is 4.32. The fourth-order valence-electron chi connectivity index (χ4n) is 2.04. The van der Waals surface area contributed by atoms with E-state index in [1.165, 1.54) is 12.1 Å². The van der Waals surface area contributed by atoms with Gasteiger partial charge in [-0.2, -0.15) is 0 Å². The highest BCUT2D eigenvalue weighted by Crippen LogP contribution is 2.14. The molecular weight excluding hydrogens is 246 g/mol. The Labute approximate surface area is 111 Å². The SMILES string of the molecule is CCC(N)Cc1cccn1Cc1ccc(F)cc1F. The highest BCUT2D eigenvalue weighted by Gasteiger charge is 2.09. The number of aromatic nitrogens is 1. The van der Waals surface area contributed by atoms with Gasteiger partial charge in [-0.05, 0) is 24.6 Å². The van der Waals surface area contributed by atoms with E-state index < -0.39 is 11.6 Å². The van der Waals surface area contributed by atoms with Crippen molar-refractivity contribution < 1.29 is 8.78 Å². The first-order chi connectivity index (χ1) is 9.10. The molecule has 102 valence electrons. The van der Waals surface area contributed by atoms with E-state index in [0.29, 0.717) is 12.1 Å². The molecule has 2 aromatic rings. The maximum absolute atomic E-state index is 13.6. The number of nitrogens with zero attached hydrogens (tertiary/aromatic N) is 1. The number of halogens is 2. The lowest BCUT2D eigenvalue weighted by Crippen LogP contribution is -2.23. The average Bonchev–Trinajstić information content (AvgIpc) is 2.80. The first-order valence-corrected chi connectivity index (χ1v) is 6.43. The summed E-state index contributed by atoms with van der Waals surface area (Å²) < 4.78 is 28.4. The highest BCUT2D eigenvalue weighted by molar-refractivity contribution is 5.20. The van der Waals surface area contributed by atoms with Crippen LogP contribution in [-0.4, -0.2) is 10.6 Å². The molecule has 2 rings (SSSR count). The number of rotatable bonds is 5. The van der Waals surface area contributed by atoms with Crippen LogP contribution in [0.15, 0.2) is 36.5 Å². The molecule has 0 aliphatic rings. The molecule has 0 bridgehead atoms. The smallest absolute Gasteiger partial charge is 0.131 e. The summed E-state index contributed by atoms with van der Waals surface area (Å²) in [7, 11) is 0. The van der Waals surface area contributed by atoms with Crippen LogP contribution in [0.1, 0.15) is 24.6 Å². The Balaban J connectivity index is 2.17. The van der Waals surface area contributed by atoms with E-state index in [1.807, 2.05) is 29.8 Å². The van der Waals surface area contributed by atoms with Crippen LogP contribution < -0.4 is 5.73 Å². The average molecular weight is 264 g/mol. The molecule has 1 atom stereocenters. The number of nitrogens with two attached hydrogens (primary N) is 1. The Morgan fingerprint density at radius 3 is 2.74 bits per heavy atom. The van der Waals surface area contributed by atoms with Gasteiger partial charge in [-0.3, -0.25) is 0 Å². The van der Waals surface area contributed by atoms with Crippen LogP contribution in [0.3, 0.4) is 0 Å². The van der Waals surface area contributed by atoms with Crippen LogP contribution >= 0.6 is 0 Å². The topological polar surface area (TPSA) is 30.9 Å². The predicted octanol–water partition coefficient (Wildman–Crippen LogP) is 3.09. The maximum Gasteiger partial charge on any atom is 0.131 e. The number of benzene rings is 1. The second kappa shape index (κ2) is 5.97. The highest BCUT2D eigenvalue weighted by atomic mass is 19.1. The van der Waals surface area contributed by atoms with Crippen molar-refractivity contribution in [2.24, 2.45) is 5.73 Å². The van der Waals surface area contributed by atoms with Crippen molar-refractivity contribution in [3.8, 4) is 0 Å². The van der Waals surface area contributed by atoms with Crippen molar-refractivity contribution >= 4 is 0 Å². The fourth-order valence-corrected chi connectivity index (χ4v) is 2.04. The lowest BCUT2D eigenvalue weighted by molar-refractivity contribution is 0.560. The fraction of sp³-hybridized carbons (Fsp3) is 0.333. The molecule has 0 saturated carbocycles. The Hall–Kier alpha value is -1.68. The van der Waals surface area contributed by atoms with Gasteiger partial charge >= 0.3 is 0 Å². The van der Waals surface area contributed by atoms with E-state index >= 15 is 0 Å². The van der Waals surface area contributed by atoms with Crippen molar-refractivity contribution in [3.63, 3.8) is 0 Å². The van der Waals surface area contributed by atoms with Gasteiger partial charge in [0.15, 0.2) is 0 Å². The number of hydrogen-bond donors (Lipinski definition) is 1. The van der Waals surface area contributed by atoms with Gasteiger partial charge in [0.25, 0.3) is 0 Å². The molecule has 1 unspecified atom stereocenters. The van der Waals surface area contributed by atoms with E-state index in [9.17, 15) is 8.78 Å². The van der Waals surface area contributed by atoms with E-state index in [0.717, 1.165) is 24.6 Å². The van der Waals surface area contributed by atoms with Crippen LogP contribution in [0.2, 0.25) is 0 Å². The third-order valence-corrected chi connectivity index (χ3v) is 3.28. The predicted molar refractivity (Wildman–Crippen MR) is 71.9 cm³/mol. The van der Waals surface area contributed by atoms with Gasteiger partial charge in [-0.25, -0.2) is 8.78 Å². The molecule has 1 aromatic carbocycles. The summed E-state index contributed by atoms with van der Waals surface area (Å²) in [5.41, 5.74) is 7.48. The Bertz CT molecular complexity index is 549. The molecule has 0 radical (unpaired) electrons. The van der Waals surface area contributed by atoms with E-state index in [2.05, 4.69) is 0 Å². The molecule has 4 heteroatoms. The van der Waals surface area contributed by atoms with Gasteiger partial charge in [-0.1, -0.05) is 13.0 Å². The van der Waals surface area contributed by atoms with Gasteiger partial charge in [0.05, 0.1) is 6.54 Å². The zero-order valence-electron chi connectivity index (χ0n) is 10.9. The maximum atomic E-state index is 13.6. The molecule has 19 heavy (non-hydrogen) atoms. The molecule has 0 fully saturated rings. The van der Waals surface area contributed by atoms with Gasteiger partial charge in [-0.15, -0.1) is 0 Å². The first kappa shape index (κ1) is 13.7. The van der Waals surface area contributed by atoms with Gasteiger partial charge in [0.1, 0.15) is 11.6 Å². The summed E-state index contributed by atoms with van der Waals surface area (Å²) in [6.45, 7) is 2.43. The van der Waals surface area contributed by atoms with Crippen LogP contribution in [0, 0.1) is 11.6 Å². The number of hydrogen-bond acceptors (Lipinski definition) is 1. The van der Waals surface area contributed by atoms with E-state index in [1.54, 1.807) is 0 Å². The molecule has 0 amide bonds. The van der Waals surface area contributed by atoms with E-state index in [-0.39, 0.29) is 6.04 Å². The molecular formula is C15H18F2N2. The summed E-state index contributed by atoms with van der Waals surface area (Å²) in [6.07, 6.45) is 3.54. The molecule has 2 N–H and O–H groups in total. The summed E-state index contributed by atoms with van der Waals surface area (Å²) >= 11 is 0. The normalized spacial score (nSPS) is 12.6. The molecule has 0 aliphatic heterocycles. The molecule has 0 saturated heterocycles. The molecule has 2 nitrogen and oxygen atoms in total. The summed E-state index contributed by atoms with van der Waals surface area (Å²) in [5.74, 6) is -1.07. The van der Waals surface area contributed by atoms with Crippen LogP contribution in [-0.2, 0) is 13.0 Å². The summed E-state index contributed by atoms with van der Waals surface area (Å²) in [6, 6.07) is 7.67. The lowest BCUT2D eigenvalue weighted by atomic mass is 10.1. The third kappa shape index (κ3) is 3.41. The van der Waals surface area contributed by atoms with Crippen molar-refractivity contribution in [2.75, 3.05) is 0 Å². The zero-order chi connectivity index (χ0) is 13.8. The second-order valence-electron chi connectivity index (χ2n) is 4.74. The largest absolute Gasteiger partial charge is 0.347 e. The van der Waals surface area contributed by atoms with Crippen molar-refractivity contribution in [2.45, 2.75) is 32.4 Å². The first-order valence-electron chi connectivity index (χ1n) is 6.43. The minimum absolute atomic E-state index is 0.103. The van der Waals surface area contributed by atoms with E-state index in [4.69, 9.17) is 5.73 Å². The quantitative estimate of drug-likeness (QED) is 0.884. The van der Waals surface area contributed by atoms with Gasteiger partial charge in [0.2, 0.25) is 0 Å². The zero-order valence-corrected chi connectivity index (χ0v) is 10.9. The van der Waals surface area contributed by atoms with Gasteiger partial charge < -0.3 is 10.3 Å². The Morgan fingerprint density at radius 2 is 2.05 bits per heavy atom. The minimum Gasteiger partial charge on any atom is -0.347 e. The summed E-state index contributed by atoms with van der Waals surface area (Å²) in [5, 5.41) is 0. The summed E-state index contributed by atoms with van der Waals surface area (Å²) in [4.78, 5) is 0. The standard InChI is InChI=1S/C15H18F2N2/c1-2-13(18)9-14-4-3-7-19(14)10-11-5-6-12(16)8-15(11)17/h3-8,13H,2,9-10,18H2,1H3. The molecule has 0 spiro atoms.